The van der Waals surface area contributed by atoms with Crippen LogP contribution in [0.3, 0.4) is 0 Å². The third-order valence-electron chi connectivity index (χ3n) is 3.60. The van der Waals surface area contributed by atoms with Crippen molar-refractivity contribution in [2.45, 2.75) is 52.7 Å². The molecule has 2 heteroatoms. The van der Waals surface area contributed by atoms with Gasteiger partial charge in [-0.1, -0.05) is 50.5 Å². The van der Waals surface area contributed by atoms with E-state index in [9.17, 15) is 10.2 Å². The number of aryl methyl sites for hydroxylation is 2. The first kappa shape index (κ1) is 14.2. The normalized spacial score (nSPS) is 15.0. The Morgan fingerprint density at radius 2 is 1.65 bits per heavy atom. The van der Waals surface area contributed by atoms with Crippen molar-refractivity contribution in [1.82, 2.24) is 0 Å². The molecule has 0 spiro atoms. The smallest absolute Gasteiger partial charge is 0.105 e. The minimum absolute atomic E-state index is 0.158. The Balaban J connectivity index is 2.91. The van der Waals surface area contributed by atoms with E-state index >= 15 is 0 Å². The van der Waals surface area contributed by atoms with Crippen molar-refractivity contribution in [2.24, 2.45) is 5.92 Å². The van der Waals surface area contributed by atoms with Gasteiger partial charge in [0.25, 0.3) is 0 Å². The second kappa shape index (κ2) is 6.18. The molecule has 0 aliphatic heterocycles. The van der Waals surface area contributed by atoms with Crippen LogP contribution in [-0.2, 0) is 0 Å². The summed E-state index contributed by atoms with van der Waals surface area (Å²) < 4.78 is 0. The predicted octanol–water partition coefficient (Wildman–Crippen LogP) is 3.13. The van der Waals surface area contributed by atoms with E-state index in [1.807, 2.05) is 45.9 Å². The lowest BCUT2D eigenvalue weighted by Gasteiger charge is -2.26. The molecule has 0 amide bonds. The average molecular weight is 236 g/mol. The van der Waals surface area contributed by atoms with E-state index in [0.29, 0.717) is 0 Å². The molecule has 2 atom stereocenters. The van der Waals surface area contributed by atoms with E-state index in [4.69, 9.17) is 0 Å². The van der Waals surface area contributed by atoms with Crippen LogP contribution in [0.25, 0.3) is 0 Å². The molecule has 0 aliphatic rings. The first-order chi connectivity index (χ1) is 8.01. The van der Waals surface area contributed by atoms with Crippen LogP contribution >= 0.6 is 0 Å². The number of aliphatic hydroxyl groups is 2. The summed E-state index contributed by atoms with van der Waals surface area (Å²) >= 11 is 0. The van der Waals surface area contributed by atoms with Crippen LogP contribution in [0.1, 0.15) is 49.5 Å². The molecule has 0 aromatic heterocycles. The molecule has 0 bridgehead atoms. The molecule has 2 nitrogen and oxygen atoms in total. The van der Waals surface area contributed by atoms with Crippen LogP contribution in [0.2, 0.25) is 0 Å². The quantitative estimate of drug-likeness (QED) is 0.824. The Bertz CT molecular complexity index is 356. The number of rotatable bonds is 5. The van der Waals surface area contributed by atoms with Gasteiger partial charge in [-0.3, -0.25) is 0 Å². The maximum absolute atomic E-state index is 10.2. The van der Waals surface area contributed by atoms with Crippen LogP contribution in [0.15, 0.2) is 18.2 Å². The molecular formula is C15H24O2. The number of hydrogen-bond acceptors (Lipinski definition) is 2. The van der Waals surface area contributed by atoms with E-state index in [1.165, 1.54) is 5.56 Å². The Morgan fingerprint density at radius 3 is 2.12 bits per heavy atom. The van der Waals surface area contributed by atoms with Crippen LogP contribution in [0, 0.1) is 19.8 Å². The molecule has 0 fully saturated rings. The van der Waals surface area contributed by atoms with Crippen molar-refractivity contribution in [3.8, 4) is 0 Å². The van der Waals surface area contributed by atoms with Crippen LogP contribution in [0.5, 0.6) is 0 Å². The summed E-state index contributed by atoms with van der Waals surface area (Å²) in [7, 11) is 0. The third kappa shape index (κ3) is 3.30. The minimum atomic E-state index is -0.777. The molecule has 2 N–H and O–H groups in total. The fourth-order valence-electron chi connectivity index (χ4n) is 2.37. The fourth-order valence-corrected chi connectivity index (χ4v) is 2.37. The molecule has 17 heavy (non-hydrogen) atoms. The van der Waals surface area contributed by atoms with E-state index in [0.717, 1.165) is 24.0 Å². The summed E-state index contributed by atoms with van der Waals surface area (Å²) in [6.45, 7) is 8.10. The van der Waals surface area contributed by atoms with Gasteiger partial charge in [0.1, 0.15) is 6.10 Å². The lowest BCUT2D eigenvalue weighted by molar-refractivity contribution is -0.0212. The fraction of sp³-hybridized carbons (Fsp3) is 0.600. The number of hydrogen-bond donors (Lipinski definition) is 2. The van der Waals surface area contributed by atoms with Gasteiger partial charge in [0.2, 0.25) is 0 Å². The second-order valence-electron chi connectivity index (χ2n) is 4.87. The zero-order valence-corrected chi connectivity index (χ0v) is 11.3. The van der Waals surface area contributed by atoms with Gasteiger partial charge in [-0.2, -0.15) is 0 Å². The zero-order chi connectivity index (χ0) is 13.0. The van der Waals surface area contributed by atoms with Crippen molar-refractivity contribution < 1.29 is 10.2 Å². The molecular weight excluding hydrogens is 212 g/mol. The highest BCUT2D eigenvalue weighted by Crippen LogP contribution is 2.28. The standard InChI is InChI=1S/C15H24O2/c1-5-12(6-2)14(16)15(17)13-8-7-10(3)9-11(13)4/h7-9,12,14-17H,5-6H2,1-4H3. The van der Waals surface area contributed by atoms with Crippen molar-refractivity contribution in [1.29, 1.82) is 0 Å². The Hall–Kier alpha value is -0.860. The second-order valence-corrected chi connectivity index (χ2v) is 4.87. The molecule has 0 saturated heterocycles. The van der Waals surface area contributed by atoms with Gasteiger partial charge < -0.3 is 10.2 Å². The first-order valence-electron chi connectivity index (χ1n) is 6.44. The van der Waals surface area contributed by atoms with Crippen LogP contribution in [0.4, 0.5) is 0 Å². The lowest BCUT2D eigenvalue weighted by atomic mass is 9.88. The average Bonchev–Trinajstić information content (AvgIpc) is 2.29. The highest BCUT2D eigenvalue weighted by atomic mass is 16.3. The molecule has 96 valence electrons. The van der Waals surface area contributed by atoms with Crippen LogP contribution < -0.4 is 0 Å². The third-order valence-corrected chi connectivity index (χ3v) is 3.60. The molecule has 1 aromatic carbocycles. The van der Waals surface area contributed by atoms with Gasteiger partial charge in [-0.15, -0.1) is 0 Å². The molecule has 0 heterocycles. The van der Waals surface area contributed by atoms with Crippen molar-refractivity contribution in [3.05, 3.63) is 34.9 Å². The van der Waals surface area contributed by atoms with Gasteiger partial charge >= 0.3 is 0 Å². The topological polar surface area (TPSA) is 40.5 Å². The summed E-state index contributed by atoms with van der Waals surface area (Å²) in [6.07, 6.45) is 0.325. The highest BCUT2D eigenvalue weighted by Gasteiger charge is 2.25. The van der Waals surface area contributed by atoms with Crippen molar-refractivity contribution in [2.75, 3.05) is 0 Å². The molecule has 0 aliphatic carbocycles. The summed E-state index contributed by atoms with van der Waals surface area (Å²) in [5.74, 6) is 0.158. The summed E-state index contributed by atoms with van der Waals surface area (Å²) in [5, 5.41) is 20.4. The van der Waals surface area contributed by atoms with Gasteiger partial charge in [0, 0.05) is 0 Å². The summed E-state index contributed by atoms with van der Waals surface area (Å²) in [5.41, 5.74) is 3.06. The van der Waals surface area contributed by atoms with Gasteiger partial charge in [0.05, 0.1) is 6.10 Å². The SMILES string of the molecule is CCC(CC)C(O)C(O)c1ccc(C)cc1C. The van der Waals surface area contributed by atoms with Gasteiger partial charge in [-0.25, -0.2) is 0 Å². The van der Waals surface area contributed by atoms with E-state index in [2.05, 4.69) is 0 Å². The zero-order valence-electron chi connectivity index (χ0n) is 11.3. The maximum Gasteiger partial charge on any atom is 0.105 e. The Kier molecular flexibility index (Phi) is 5.16. The van der Waals surface area contributed by atoms with E-state index in [-0.39, 0.29) is 5.92 Å². The molecule has 0 radical (unpaired) electrons. The molecule has 1 aromatic rings. The van der Waals surface area contributed by atoms with Gasteiger partial charge in [0.15, 0.2) is 0 Å². The molecule has 0 saturated carbocycles. The van der Waals surface area contributed by atoms with Crippen molar-refractivity contribution in [3.63, 3.8) is 0 Å². The van der Waals surface area contributed by atoms with Crippen molar-refractivity contribution >= 4 is 0 Å². The monoisotopic (exact) mass is 236 g/mol. The molecule has 1 rings (SSSR count). The first-order valence-corrected chi connectivity index (χ1v) is 6.44. The number of aliphatic hydroxyl groups excluding tert-OH is 2. The lowest BCUT2D eigenvalue weighted by Crippen LogP contribution is -2.27. The minimum Gasteiger partial charge on any atom is -0.390 e. The Morgan fingerprint density at radius 1 is 1.06 bits per heavy atom. The highest BCUT2D eigenvalue weighted by molar-refractivity contribution is 5.32. The molecule has 2 unspecified atom stereocenters. The van der Waals surface area contributed by atoms with E-state index in [1.54, 1.807) is 0 Å². The predicted molar refractivity (Wildman–Crippen MR) is 71.0 cm³/mol. The number of benzene rings is 1. The van der Waals surface area contributed by atoms with E-state index < -0.39 is 12.2 Å². The van der Waals surface area contributed by atoms with Gasteiger partial charge in [-0.05, 0) is 30.9 Å². The Labute approximate surface area is 104 Å². The maximum atomic E-state index is 10.2. The summed E-state index contributed by atoms with van der Waals surface area (Å²) in [4.78, 5) is 0. The largest absolute Gasteiger partial charge is 0.390 e. The van der Waals surface area contributed by atoms with Crippen LogP contribution in [-0.4, -0.2) is 16.3 Å². The summed E-state index contributed by atoms with van der Waals surface area (Å²) in [6, 6.07) is 5.93.